The molecule has 3 rings (SSSR count). The van der Waals surface area contributed by atoms with Gasteiger partial charge in [0.1, 0.15) is 18.1 Å². The molecule has 0 radical (unpaired) electrons. The van der Waals surface area contributed by atoms with Gasteiger partial charge in [0.05, 0.1) is 25.2 Å². The number of hydrogen-bond acceptors (Lipinski definition) is 12. The fourth-order valence-corrected chi connectivity index (χ4v) is 9.17. The van der Waals surface area contributed by atoms with Crippen LogP contribution in [-0.2, 0) is 44.8 Å². The molecule has 362 valence electrons. The van der Waals surface area contributed by atoms with Crippen molar-refractivity contribution in [2.24, 2.45) is 23.3 Å². The zero-order chi connectivity index (χ0) is 47.7. The minimum Gasteiger partial charge on any atom is -0.368 e. The molecule has 1 unspecified atom stereocenters. The van der Waals surface area contributed by atoms with Crippen molar-refractivity contribution in [1.82, 2.24) is 48.0 Å². The fourth-order valence-electron chi connectivity index (χ4n) is 7.63. The Labute approximate surface area is 384 Å². The van der Waals surface area contributed by atoms with E-state index in [1.165, 1.54) is 5.48 Å². The van der Waals surface area contributed by atoms with Crippen LogP contribution in [0.5, 0.6) is 0 Å². The van der Waals surface area contributed by atoms with Crippen LogP contribution in [0.1, 0.15) is 96.5 Å². The molecule has 21 nitrogen and oxygen atoms in total. The second-order valence-corrected chi connectivity index (χ2v) is 18.2. The summed E-state index contributed by atoms with van der Waals surface area (Å²) in [4.78, 5) is 114. The van der Waals surface area contributed by atoms with Crippen LogP contribution < -0.4 is 59.5 Å². The summed E-state index contributed by atoms with van der Waals surface area (Å²) in [7, 11) is 0. The van der Waals surface area contributed by atoms with Gasteiger partial charge >= 0.3 is 6.03 Å². The third-order valence-electron chi connectivity index (χ3n) is 11.0. The van der Waals surface area contributed by atoms with E-state index in [1.807, 2.05) is 25.6 Å². The van der Waals surface area contributed by atoms with Gasteiger partial charge in [-0.3, -0.25) is 43.6 Å². The molecule has 2 fully saturated rings. The Morgan fingerprint density at radius 1 is 0.754 bits per heavy atom. The SMILES string of the molecule is CC(C)CC(CC(=O)NO)C(=O)N[C@@H](Cc1ccccc1)C(=O)N[C@@H](CCCCN)C(=O)NCC(=O)NCC(=O)N[C@@H](CCCCNC(=O)CCCC[C@@H]1SC[C@@H]2NC(=O)N[C@@H]21)C(N)=O. The first-order chi connectivity index (χ1) is 31.1. The number of amides is 10. The average Bonchev–Trinajstić information content (AvgIpc) is 3.83. The summed E-state index contributed by atoms with van der Waals surface area (Å²) >= 11 is 1.84. The third kappa shape index (κ3) is 20.5. The lowest BCUT2D eigenvalue weighted by Gasteiger charge is -2.25. The molecule has 2 saturated heterocycles. The molecule has 2 heterocycles. The lowest BCUT2D eigenvalue weighted by atomic mass is 9.92. The molecule has 7 atom stereocenters. The number of nitrogens with two attached hydrogens (primary N) is 2. The Hall–Kier alpha value is -5.48. The van der Waals surface area contributed by atoms with Crippen LogP contribution in [0.4, 0.5) is 4.79 Å². The van der Waals surface area contributed by atoms with E-state index in [0.717, 1.165) is 25.0 Å². The first kappa shape index (κ1) is 53.9. The Kier molecular flexibility index (Phi) is 24.1. The Bertz CT molecular complexity index is 1760. The van der Waals surface area contributed by atoms with Crippen LogP contribution in [-0.4, -0.2) is 126 Å². The predicted molar refractivity (Wildman–Crippen MR) is 242 cm³/mol. The van der Waals surface area contributed by atoms with Crippen molar-refractivity contribution < 1.29 is 48.4 Å². The van der Waals surface area contributed by atoms with E-state index < -0.39 is 78.5 Å². The second-order valence-electron chi connectivity index (χ2n) is 16.9. The van der Waals surface area contributed by atoms with Gasteiger partial charge in [-0.25, -0.2) is 10.3 Å². The normalized spacial score (nSPS) is 18.1. The standard InChI is InChI=1S/C43H69N11O10S/c1-26(2)20-28(22-35(56)54-64)40(60)51-31(21-27-12-4-3-5-13-27)42(62)50-30(15-8-10-18-44)41(61)48-23-36(57)47-24-37(58)49-29(39(45)59)14-9-11-19-46-34(55)17-7-6-16-33-38-32(25-65-33)52-43(63)53-38/h3-5,12-13,26,28-33,38,64H,6-11,14-25,44H2,1-2H3,(H2,45,59)(H,46,55)(H,47,57)(H,48,61)(H,49,58)(H,50,62)(H,51,60)(H,54,56)(H2,52,53,63)/t28?,29-,30-,31-,32-,33-,38-/m0/s1. The average molecular weight is 932 g/mol. The van der Waals surface area contributed by atoms with E-state index in [0.29, 0.717) is 62.4 Å². The van der Waals surface area contributed by atoms with Gasteiger partial charge < -0.3 is 54.0 Å². The first-order valence-corrected chi connectivity index (χ1v) is 23.5. The number of primary amides is 1. The molecule has 0 spiro atoms. The molecular weight excluding hydrogens is 863 g/mol. The molecule has 14 N–H and O–H groups in total. The predicted octanol–water partition coefficient (Wildman–Crippen LogP) is -0.900. The molecule has 65 heavy (non-hydrogen) atoms. The van der Waals surface area contributed by atoms with Crippen LogP contribution in [0.3, 0.4) is 0 Å². The molecule has 22 heteroatoms. The summed E-state index contributed by atoms with van der Waals surface area (Å²) in [5.41, 5.74) is 13.4. The smallest absolute Gasteiger partial charge is 0.315 e. The number of unbranched alkanes of at least 4 members (excludes halogenated alkanes) is 3. The van der Waals surface area contributed by atoms with Gasteiger partial charge in [-0.15, -0.1) is 0 Å². The quantitative estimate of drug-likeness (QED) is 0.0187. The molecule has 0 aliphatic carbocycles. The number of nitrogens with one attached hydrogen (secondary N) is 9. The topological polar surface area (TPSA) is 334 Å². The van der Waals surface area contributed by atoms with Crippen molar-refractivity contribution >= 4 is 65.1 Å². The van der Waals surface area contributed by atoms with E-state index in [1.54, 1.807) is 30.3 Å². The summed E-state index contributed by atoms with van der Waals surface area (Å²) < 4.78 is 0. The minimum absolute atomic E-state index is 0.0108. The van der Waals surface area contributed by atoms with Crippen LogP contribution in [0, 0.1) is 11.8 Å². The number of fused-ring (bicyclic) bond motifs is 1. The Balaban J connectivity index is 1.43. The van der Waals surface area contributed by atoms with Gasteiger partial charge in [0, 0.05) is 42.7 Å². The largest absolute Gasteiger partial charge is 0.368 e. The number of carbonyl (C=O) groups is 9. The lowest BCUT2D eigenvalue weighted by molar-refractivity contribution is -0.137. The van der Waals surface area contributed by atoms with E-state index in [9.17, 15) is 43.2 Å². The lowest BCUT2D eigenvalue weighted by Crippen LogP contribution is -2.56. The van der Waals surface area contributed by atoms with Crippen molar-refractivity contribution in [3.8, 4) is 0 Å². The molecular formula is C43H69N11O10S. The summed E-state index contributed by atoms with van der Waals surface area (Å²) in [5.74, 6) is -4.93. The number of hydroxylamine groups is 1. The number of hydrogen-bond donors (Lipinski definition) is 12. The van der Waals surface area contributed by atoms with Gasteiger partial charge in [0.2, 0.25) is 47.3 Å². The zero-order valence-electron chi connectivity index (χ0n) is 37.4. The highest BCUT2D eigenvalue weighted by atomic mass is 32.2. The third-order valence-corrected chi connectivity index (χ3v) is 12.6. The first-order valence-electron chi connectivity index (χ1n) is 22.5. The van der Waals surface area contributed by atoms with Crippen molar-refractivity contribution in [3.63, 3.8) is 0 Å². The van der Waals surface area contributed by atoms with Gasteiger partial charge in [-0.2, -0.15) is 11.8 Å². The molecule has 0 aromatic heterocycles. The number of benzene rings is 1. The van der Waals surface area contributed by atoms with E-state index >= 15 is 0 Å². The highest BCUT2D eigenvalue weighted by molar-refractivity contribution is 8.00. The fraction of sp³-hybridized carbons (Fsp3) is 0.651. The second kappa shape index (κ2) is 29.1. The summed E-state index contributed by atoms with van der Waals surface area (Å²) in [6.07, 6.45) is 5.29. The van der Waals surface area contributed by atoms with Crippen molar-refractivity contribution in [1.29, 1.82) is 0 Å². The van der Waals surface area contributed by atoms with E-state index in [2.05, 4.69) is 42.5 Å². The van der Waals surface area contributed by atoms with E-state index in [-0.39, 0.29) is 55.6 Å². The maximum absolute atomic E-state index is 13.8. The summed E-state index contributed by atoms with van der Waals surface area (Å²) in [6.45, 7) is 3.38. The van der Waals surface area contributed by atoms with Crippen molar-refractivity contribution in [2.75, 3.05) is 31.9 Å². The highest BCUT2D eigenvalue weighted by Crippen LogP contribution is 2.33. The molecule has 1 aromatic carbocycles. The van der Waals surface area contributed by atoms with E-state index in [4.69, 9.17) is 16.7 Å². The highest BCUT2D eigenvalue weighted by Gasteiger charge is 2.42. The minimum atomic E-state index is -1.16. The van der Waals surface area contributed by atoms with Crippen LogP contribution in [0.15, 0.2) is 30.3 Å². The van der Waals surface area contributed by atoms with Crippen LogP contribution in [0.25, 0.3) is 0 Å². The number of rotatable bonds is 31. The zero-order valence-corrected chi connectivity index (χ0v) is 38.2. The number of carbonyl (C=O) groups excluding carboxylic acids is 9. The number of thioether (sulfide) groups is 1. The molecule has 2 aliphatic rings. The molecule has 2 aliphatic heterocycles. The van der Waals surface area contributed by atoms with Gasteiger partial charge in [0.15, 0.2) is 0 Å². The molecule has 0 bridgehead atoms. The monoisotopic (exact) mass is 931 g/mol. The summed E-state index contributed by atoms with van der Waals surface area (Å²) in [5, 5.41) is 30.9. The summed E-state index contributed by atoms with van der Waals surface area (Å²) in [6, 6.07) is 5.75. The number of urea groups is 1. The van der Waals surface area contributed by atoms with Gasteiger partial charge in [-0.1, -0.05) is 50.6 Å². The Morgan fingerprint density at radius 3 is 2.14 bits per heavy atom. The van der Waals surface area contributed by atoms with Crippen LogP contribution in [0.2, 0.25) is 0 Å². The maximum Gasteiger partial charge on any atom is 0.315 e. The van der Waals surface area contributed by atoms with Crippen LogP contribution >= 0.6 is 11.8 Å². The molecule has 10 amide bonds. The van der Waals surface area contributed by atoms with Gasteiger partial charge in [0.25, 0.3) is 0 Å². The van der Waals surface area contributed by atoms with Gasteiger partial charge in [-0.05, 0) is 75.8 Å². The van der Waals surface area contributed by atoms with Crippen molar-refractivity contribution in [2.45, 2.75) is 133 Å². The molecule has 1 aromatic rings. The Morgan fingerprint density at radius 2 is 1.45 bits per heavy atom. The van der Waals surface area contributed by atoms with Crippen molar-refractivity contribution in [3.05, 3.63) is 35.9 Å². The molecule has 0 saturated carbocycles. The maximum atomic E-state index is 13.8.